The zero-order chi connectivity index (χ0) is 11.3. The average Bonchev–Trinajstić information content (AvgIpc) is 3.02. The van der Waals surface area contributed by atoms with E-state index in [0.29, 0.717) is 12.1 Å². The van der Waals surface area contributed by atoms with Gasteiger partial charge in [-0.15, -0.1) is 0 Å². The van der Waals surface area contributed by atoms with Crippen LogP contribution in [0.15, 0.2) is 0 Å². The second-order valence-electron chi connectivity index (χ2n) is 4.71. The summed E-state index contributed by atoms with van der Waals surface area (Å²) in [7, 11) is 2.27. The summed E-state index contributed by atoms with van der Waals surface area (Å²) in [5, 5.41) is 3.64. The highest BCUT2D eigenvalue weighted by Crippen LogP contribution is 2.19. The fraction of sp³-hybridized carbons (Fsp3) is 1.00. The summed E-state index contributed by atoms with van der Waals surface area (Å²) >= 11 is 1.94. The minimum Gasteiger partial charge on any atom is -0.312 e. The first kappa shape index (κ1) is 13.3. The predicted octanol–water partition coefficient (Wildman–Crippen LogP) is 2.20. The SMILES string of the molecule is CCC(CNC1CC1)N(C)C(C)CSC. The molecule has 1 N–H and O–H groups in total. The molecule has 1 rings (SSSR count). The number of nitrogens with zero attached hydrogens (tertiary/aromatic N) is 1. The average molecular weight is 230 g/mol. The van der Waals surface area contributed by atoms with E-state index in [2.05, 4.69) is 37.4 Å². The van der Waals surface area contributed by atoms with Crippen LogP contribution in [0, 0.1) is 0 Å². The standard InChI is InChI=1S/C12H26N2S/c1-5-12(8-13-11-6-7-11)14(3)10(2)9-15-4/h10-13H,5-9H2,1-4H3. The number of rotatable bonds is 8. The molecule has 90 valence electrons. The van der Waals surface area contributed by atoms with Gasteiger partial charge in [-0.1, -0.05) is 6.92 Å². The van der Waals surface area contributed by atoms with Crippen molar-refractivity contribution in [2.24, 2.45) is 0 Å². The molecule has 15 heavy (non-hydrogen) atoms. The summed E-state index contributed by atoms with van der Waals surface area (Å²) in [5.41, 5.74) is 0. The van der Waals surface area contributed by atoms with Crippen LogP contribution >= 0.6 is 11.8 Å². The molecule has 0 spiro atoms. The molecule has 2 nitrogen and oxygen atoms in total. The molecule has 2 atom stereocenters. The molecule has 0 aliphatic heterocycles. The molecule has 1 aliphatic carbocycles. The Morgan fingerprint density at radius 2 is 2.13 bits per heavy atom. The first-order valence-electron chi connectivity index (χ1n) is 6.13. The number of hydrogen-bond acceptors (Lipinski definition) is 3. The Bertz CT molecular complexity index is 171. The summed E-state index contributed by atoms with van der Waals surface area (Å²) in [6.07, 6.45) is 6.21. The molecule has 0 saturated heterocycles. The number of thioether (sulfide) groups is 1. The molecule has 2 unspecified atom stereocenters. The Morgan fingerprint density at radius 3 is 2.60 bits per heavy atom. The monoisotopic (exact) mass is 230 g/mol. The van der Waals surface area contributed by atoms with Gasteiger partial charge >= 0.3 is 0 Å². The van der Waals surface area contributed by atoms with Crippen LogP contribution in [0.2, 0.25) is 0 Å². The molecule has 0 heterocycles. The van der Waals surface area contributed by atoms with E-state index in [0.717, 1.165) is 12.6 Å². The fourth-order valence-corrected chi connectivity index (χ4v) is 2.60. The molecule has 0 aromatic carbocycles. The maximum absolute atomic E-state index is 3.64. The normalized spacial score (nSPS) is 20.6. The van der Waals surface area contributed by atoms with E-state index in [1.54, 1.807) is 0 Å². The van der Waals surface area contributed by atoms with E-state index < -0.39 is 0 Å². The van der Waals surface area contributed by atoms with Crippen LogP contribution in [-0.2, 0) is 0 Å². The second kappa shape index (κ2) is 6.77. The van der Waals surface area contributed by atoms with Crippen LogP contribution in [0.25, 0.3) is 0 Å². The fourth-order valence-electron chi connectivity index (χ4n) is 1.89. The molecule has 0 radical (unpaired) electrons. The predicted molar refractivity (Wildman–Crippen MR) is 70.7 cm³/mol. The summed E-state index contributed by atoms with van der Waals surface area (Å²) in [6, 6.07) is 2.22. The molecular weight excluding hydrogens is 204 g/mol. The Labute approximate surface area is 99.2 Å². The number of likely N-dealkylation sites (N-methyl/N-ethyl adjacent to an activating group) is 1. The van der Waals surface area contributed by atoms with E-state index in [-0.39, 0.29) is 0 Å². The summed E-state index contributed by atoms with van der Waals surface area (Å²) in [4.78, 5) is 2.53. The van der Waals surface area contributed by atoms with E-state index >= 15 is 0 Å². The lowest BCUT2D eigenvalue weighted by Gasteiger charge is -2.32. The van der Waals surface area contributed by atoms with Gasteiger partial charge in [0.05, 0.1) is 0 Å². The van der Waals surface area contributed by atoms with Crippen LogP contribution in [0.1, 0.15) is 33.1 Å². The molecule has 0 aromatic rings. The van der Waals surface area contributed by atoms with Gasteiger partial charge in [-0.25, -0.2) is 0 Å². The van der Waals surface area contributed by atoms with Gasteiger partial charge in [0.25, 0.3) is 0 Å². The van der Waals surface area contributed by atoms with Gasteiger partial charge in [-0.2, -0.15) is 11.8 Å². The lowest BCUT2D eigenvalue weighted by molar-refractivity contribution is 0.188. The Morgan fingerprint density at radius 1 is 1.47 bits per heavy atom. The Balaban J connectivity index is 2.26. The van der Waals surface area contributed by atoms with Crippen molar-refractivity contribution in [3.63, 3.8) is 0 Å². The van der Waals surface area contributed by atoms with Gasteiger partial charge in [-0.3, -0.25) is 4.90 Å². The largest absolute Gasteiger partial charge is 0.312 e. The van der Waals surface area contributed by atoms with Gasteiger partial charge < -0.3 is 5.32 Å². The van der Waals surface area contributed by atoms with Crippen molar-refractivity contribution in [3.8, 4) is 0 Å². The smallest absolute Gasteiger partial charge is 0.0218 e. The second-order valence-corrected chi connectivity index (χ2v) is 5.63. The third-order valence-electron chi connectivity index (χ3n) is 3.37. The van der Waals surface area contributed by atoms with Gasteiger partial charge in [0.2, 0.25) is 0 Å². The third-order valence-corrected chi connectivity index (χ3v) is 4.19. The Hall–Kier alpha value is 0.270. The lowest BCUT2D eigenvalue weighted by atomic mass is 10.1. The quantitative estimate of drug-likeness (QED) is 0.688. The van der Waals surface area contributed by atoms with Crippen molar-refractivity contribution < 1.29 is 0 Å². The zero-order valence-electron chi connectivity index (χ0n) is 10.6. The maximum Gasteiger partial charge on any atom is 0.0218 e. The highest BCUT2D eigenvalue weighted by Gasteiger charge is 2.23. The van der Waals surface area contributed by atoms with Gasteiger partial charge in [0.15, 0.2) is 0 Å². The van der Waals surface area contributed by atoms with Crippen LogP contribution in [0.3, 0.4) is 0 Å². The summed E-state index contributed by atoms with van der Waals surface area (Å²) in [6.45, 7) is 5.79. The van der Waals surface area contributed by atoms with Crippen molar-refractivity contribution in [3.05, 3.63) is 0 Å². The molecule has 1 saturated carbocycles. The highest BCUT2D eigenvalue weighted by atomic mass is 32.2. The molecule has 0 aromatic heterocycles. The first-order valence-corrected chi connectivity index (χ1v) is 7.52. The first-order chi connectivity index (χ1) is 7.19. The molecule has 0 bridgehead atoms. The van der Waals surface area contributed by atoms with Crippen molar-refractivity contribution in [1.82, 2.24) is 10.2 Å². The highest BCUT2D eigenvalue weighted by molar-refractivity contribution is 7.98. The summed E-state index contributed by atoms with van der Waals surface area (Å²) in [5.74, 6) is 1.23. The molecule has 1 aliphatic rings. The molecule has 0 amide bonds. The van der Waals surface area contributed by atoms with Crippen molar-refractivity contribution in [2.75, 3.05) is 25.6 Å². The van der Waals surface area contributed by atoms with Gasteiger partial charge in [0, 0.05) is 30.4 Å². The molecule has 3 heteroatoms. The van der Waals surface area contributed by atoms with E-state index in [4.69, 9.17) is 0 Å². The van der Waals surface area contributed by atoms with Gasteiger partial charge in [0.1, 0.15) is 0 Å². The van der Waals surface area contributed by atoms with Crippen molar-refractivity contribution in [2.45, 2.75) is 51.2 Å². The molecule has 1 fully saturated rings. The zero-order valence-corrected chi connectivity index (χ0v) is 11.4. The Kier molecular flexibility index (Phi) is 6.02. The van der Waals surface area contributed by atoms with Crippen LogP contribution in [0.4, 0.5) is 0 Å². The van der Waals surface area contributed by atoms with Crippen molar-refractivity contribution >= 4 is 11.8 Å². The number of hydrogen-bond donors (Lipinski definition) is 1. The van der Waals surface area contributed by atoms with E-state index in [1.165, 1.54) is 25.0 Å². The maximum atomic E-state index is 3.64. The van der Waals surface area contributed by atoms with E-state index in [1.807, 2.05) is 11.8 Å². The van der Waals surface area contributed by atoms with Crippen LogP contribution in [0.5, 0.6) is 0 Å². The summed E-state index contributed by atoms with van der Waals surface area (Å²) < 4.78 is 0. The molecular formula is C12H26N2S. The van der Waals surface area contributed by atoms with E-state index in [9.17, 15) is 0 Å². The lowest BCUT2D eigenvalue weighted by Crippen LogP contribution is -2.45. The van der Waals surface area contributed by atoms with Gasteiger partial charge in [-0.05, 0) is 39.5 Å². The minimum absolute atomic E-state index is 0.686. The topological polar surface area (TPSA) is 15.3 Å². The number of nitrogens with one attached hydrogen (secondary N) is 1. The van der Waals surface area contributed by atoms with Crippen LogP contribution < -0.4 is 5.32 Å². The minimum atomic E-state index is 0.686. The van der Waals surface area contributed by atoms with Crippen molar-refractivity contribution in [1.29, 1.82) is 0 Å². The third kappa shape index (κ3) is 4.75. The van der Waals surface area contributed by atoms with Crippen LogP contribution in [-0.4, -0.2) is 48.6 Å².